The van der Waals surface area contributed by atoms with E-state index in [2.05, 4.69) is 5.32 Å². The summed E-state index contributed by atoms with van der Waals surface area (Å²) < 4.78 is 47.1. The quantitative estimate of drug-likeness (QED) is 0.477. The van der Waals surface area contributed by atoms with E-state index in [0.717, 1.165) is 11.8 Å². The number of rotatable bonds is 12. The first-order valence-electron chi connectivity index (χ1n) is 10.0. The van der Waals surface area contributed by atoms with Crippen LogP contribution in [0.1, 0.15) is 18.4 Å². The summed E-state index contributed by atoms with van der Waals surface area (Å²) in [4.78, 5) is 12.3. The predicted molar refractivity (Wildman–Crippen MR) is 127 cm³/mol. The fourth-order valence-corrected chi connectivity index (χ4v) is 4.36. The summed E-state index contributed by atoms with van der Waals surface area (Å²) in [6.45, 7) is 0.376. The molecule has 0 bridgehead atoms. The number of anilines is 1. The average Bonchev–Trinajstić information content (AvgIpc) is 2.79. The summed E-state index contributed by atoms with van der Waals surface area (Å²) in [5.74, 6) is 1.56. The number of hydrogen-bond donors (Lipinski definition) is 1. The molecule has 9 nitrogen and oxygen atoms in total. The molecule has 0 aromatic heterocycles. The Kier molecular flexibility index (Phi) is 9.48. The van der Waals surface area contributed by atoms with Gasteiger partial charge in [-0.3, -0.25) is 9.10 Å². The van der Waals surface area contributed by atoms with Crippen molar-refractivity contribution in [3.05, 3.63) is 40.9 Å². The Balaban J connectivity index is 2.04. The second-order valence-electron chi connectivity index (χ2n) is 7.06. The van der Waals surface area contributed by atoms with Crippen LogP contribution in [0.15, 0.2) is 30.3 Å². The van der Waals surface area contributed by atoms with Crippen LogP contribution in [0.2, 0.25) is 5.02 Å². The van der Waals surface area contributed by atoms with Gasteiger partial charge in [-0.25, -0.2) is 8.42 Å². The first-order valence-corrected chi connectivity index (χ1v) is 12.2. The average molecular weight is 501 g/mol. The van der Waals surface area contributed by atoms with Crippen LogP contribution in [0.4, 0.5) is 5.69 Å². The minimum Gasteiger partial charge on any atom is -0.495 e. The van der Waals surface area contributed by atoms with Crippen molar-refractivity contribution in [2.24, 2.45) is 0 Å². The number of amides is 1. The van der Waals surface area contributed by atoms with Crippen LogP contribution in [0, 0.1) is 0 Å². The molecule has 33 heavy (non-hydrogen) atoms. The molecule has 2 rings (SSSR count). The third-order valence-corrected chi connectivity index (χ3v) is 6.30. The van der Waals surface area contributed by atoms with Crippen LogP contribution >= 0.6 is 11.6 Å². The summed E-state index contributed by atoms with van der Waals surface area (Å²) in [5.41, 5.74) is 1.13. The van der Waals surface area contributed by atoms with Gasteiger partial charge in [0.15, 0.2) is 11.5 Å². The van der Waals surface area contributed by atoms with E-state index >= 15 is 0 Å². The molecule has 0 aliphatic rings. The Morgan fingerprint density at radius 3 is 2.15 bits per heavy atom. The van der Waals surface area contributed by atoms with Gasteiger partial charge >= 0.3 is 0 Å². The number of nitrogens with zero attached hydrogens (tertiary/aromatic N) is 1. The number of carbonyl (C=O) groups is 1. The van der Waals surface area contributed by atoms with Gasteiger partial charge in [0.25, 0.3) is 0 Å². The summed E-state index contributed by atoms with van der Waals surface area (Å²) in [6, 6.07) is 8.36. The molecule has 0 unspecified atom stereocenters. The maximum atomic E-state index is 12.5. The van der Waals surface area contributed by atoms with Crippen molar-refractivity contribution >= 4 is 33.2 Å². The monoisotopic (exact) mass is 500 g/mol. The van der Waals surface area contributed by atoms with Crippen LogP contribution in [0.25, 0.3) is 0 Å². The van der Waals surface area contributed by atoms with E-state index < -0.39 is 10.0 Å². The van der Waals surface area contributed by atoms with Crippen LogP contribution in [0.5, 0.6) is 23.0 Å². The Bertz CT molecular complexity index is 1080. The van der Waals surface area contributed by atoms with Crippen molar-refractivity contribution in [3.63, 3.8) is 0 Å². The number of hydrogen-bond acceptors (Lipinski definition) is 7. The summed E-state index contributed by atoms with van der Waals surface area (Å²) in [7, 11) is 2.29. The molecule has 0 spiro atoms. The molecule has 1 N–H and O–H groups in total. The fourth-order valence-electron chi connectivity index (χ4n) is 3.17. The Labute approximate surface area is 199 Å². The highest BCUT2D eigenvalue weighted by molar-refractivity contribution is 7.92. The molecule has 182 valence electrons. The first kappa shape index (κ1) is 26.4. The van der Waals surface area contributed by atoms with E-state index in [1.807, 2.05) is 6.07 Å². The molecule has 11 heteroatoms. The number of sulfonamides is 1. The highest BCUT2D eigenvalue weighted by Gasteiger charge is 2.23. The minimum absolute atomic E-state index is 0.0732. The lowest BCUT2D eigenvalue weighted by atomic mass is 10.2. The lowest BCUT2D eigenvalue weighted by Gasteiger charge is -2.25. The second kappa shape index (κ2) is 11.9. The largest absolute Gasteiger partial charge is 0.495 e. The molecule has 2 aromatic rings. The molecule has 0 radical (unpaired) electrons. The van der Waals surface area contributed by atoms with Crippen LogP contribution in [0.3, 0.4) is 0 Å². The molecular weight excluding hydrogens is 472 g/mol. The Morgan fingerprint density at radius 1 is 0.939 bits per heavy atom. The zero-order valence-corrected chi connectivity index (χ0v) is 20.9. The van der Waals surface area contributed by atoms with Crippen LogP contribution in [-0.4, -0.2) is 55.6 Å². The third kappa shape index (κ3) is 7.06. The number of methoxy groups -OCH3 is 4. The molecule has 0 saturated heterocycles. The van der Waals surface area contributed by atoms with Gasteiger partial charge in [-0.05, 0) is 24.1 Å². The van der Waals surface area contributed by atoms with Gasteiger partial charge in [0.1, 0.15) is 11.5 Å². The molecule has 2 aromatic carbocycles. The van der Waals surface area contributed by atoms with Gasteiger partial charge in [0.2, 0.25) is 15.9 Å². The SMILES string of the molecule is COc1cc(N(CCCC(=O)NCc2ccc(OC)c(OC)c2)S(C)(=O)=O)c(OC)cc1Cl. The number of carbonyl (C=O) groups excluding carboxylic acids is 1. The smallest absolute Gasteiger partial charge is 0.232 e. The van der Waals surface area contributed by atoms with Gasteiger partial charge in [-0.15, -0.1) is 0 Å². The molecule has 0 aliphatic heterocycles. The molecule has 0 heterocycles. The third-order valence-electron chi connectivity index (χ3n) is 4.82. The first-order chi connectivity index (χ1) is 15.6. The van der Waals surface area contributed by atoms with Crippen LogP contribution in [-0.2, 0) is 21.4 Å². The predicted octanol–water partition coefficient (Wildman–Crippen LogP) is 3.24. The second-order valence-corrected chi connectivity index (χ2v) is 9.38. The topological polar surface area (TPSA) is 103 Å². The fraction of sp³-hybridized carbons (Fsp3) is 0.409. The lowest BCUT2D eigenvalue weighted by Crippen LogP contribution is -2.32. The van der Waals surface area contributed by atoms with Gasteiger partial charge < -0.3 is 24.3 Å². The number of halogens is 1. The lowest BCUT2D eigenvalue weighted by molar-refractivity contribution is -0.121. The number of benzene rings is 2. The van der Waals surface area contributed by atoms with E-state index in [0.29, 0.717) is 35.2 Å². The van der Waals surface area contributed by atoms with Gasteiger partial charge in [-0.2, -0.15) is 0 Å². The Hall–Kier alpha value is -2.85. The molecule has 0 fully saturated rings. The standard InChI is InChI=1S/C22H29ClN2O7S/c1-29-18-9-8-15(11-21(18)32-4)14-24-22(26)7-6-10-25(33(5,27)28)17-13-19(30-2)16(23)12-20(17)31-3/h8-9,11-13H,6-7,10,14H2,1-5H3,(H,24,26). The van der Waals surface area contributed by atoms with E-state index in [1.54, 1.807) is 26.4 Å². The van der Waals surface area contributed by atoms with E-state index in [4.69, 9.17) is 30.5 Å². The zero-order valence-electron chi connectivity index (χ0n) is 19.3. The summed E-state index contributed by atoms with van der Waals surface area (Å²) in [5, 5.41) is 3.12. The van der Waals surface area contributed by atoms with Crippen LogP contribution < -0.4 is 28.6 Å². The van der Waals surface area contributed by atoms with Crippen molar-refractivity contribution in [2.75, 3.05) is 45.5 Å². The van der Waals surface area contributed by atoms with Crippen molar-refractivity contribution in [3.8, 4) is 23.0 Å². The van der Waals surface area contributed by atoms with Gasteiger partial charge in [0, 0.05) is 31.6 Å². The number of nitrogens with one attached hydrogen (secondary N) is 1. The molecule has 0 atom stereocenters. The molecular formula is C22H29ClN2O7S. The maximum Gasteiger partial charge on any atom is 0.232 e. The van der Waals surface area contributed by atoms with E-state index in [9.17, 15) is 13.2 Å². The maximum absolute atomic E-state index is 12.5. The normalized spacial score (nSPS) is 11.0. The molecule has 0 saturated carbocycles. The minimum atomic E-state index is -3.66. The summed E-state index contributed by atoms with van der Waals surface area (Å²) >= 11 is 6.13. The van der Waals surface area contributed by atoms with E-state index in [1.165, 1.54) is 30.7 Å². The highest BCUT2D eigenvalue weighted by atomic mass is 35.5. The van der Waals surface area contributed by atoms with Crippen molar-refractivity contribution in [1.82, 2.24) is 5.32 Å². The summed E-state index contributed by atoms with van der Waals surface area (Å²) in [6.07, 6.45) is 1.51. The molecule has 0 aliphatic carbocycles. The number of ether oxygens (including phenoxy) is 4. The van der Waals surface area contributed by atoms with Gasteiger partial charge in [0.05, 0.1) is 45.4 Å². The molecule has 1 amide bonds. The Morgan fingerprint density at radius 2 is 1.58 bits per heavy atom. The van der Waals surface area contributed by atoms with Gasteiger partial charge in [-0.1, -0.05) is 17.7 Å². The van der Waals surface area contributed by atoms with Crippen molar-refractivity contribution < 1.29 is 32.2 Å². The highest BCUT2D eigenvalue weighted by Crippen LogP contribution is 2.39. The van der Waals surface area contributed by atoms with E-state index in [-0.39, 0.29) is 30.3 Å². The van der Waals surface area contributed by atoms with Crippen molar-refractivity contribution in [1.29, 1.82) is 0 Å². The van der Waals surface area contributed by atoms with Crippen molar-refractivity contribution in [2.45, 2.75) is 19.4 Å². The zero-order chi connectivity index (χ0) is 24.6.